The maximum Gasteiger partial charge on any atom is 0.237 e. The van der Waals surface area contributed by atoms with Crippen molar-refractivity contribution in [3.63, 3.8) is 0 Å². The molecule has 0 saturated carbocycles. The van der Waals surface area contributed by atoms with Crippen LogP contribution in [0.3, 0.4) is 0 Å². The third-order valence-electron chi connectivity index (χ3n) is 0.767. The van der Waals surface area contributed by atoms with E-state index in [2.05, 4.69) is 9.98 Å². The molecule has 0 spiro atoms. The molecule has 0 atom stereocenters. The van der Waals surface area contributed by atoms with Gasteiger partial charge in [0, 0.05) is 0 Å². The molecular weight excluding hydrogens is 136 g/mol. The first-order valence-electron chi connectivity index (χ1n) is 2.33. The number of hydrogen-bond donors (Lipinski definition) is 0. The predicted octanol–water partition coefficient (Wildman–Crippen LogP) is -0.427. The molecule has 0 unspecified atom stereocenters. The molecule has 0 bridgehead atoms. The van der Waals surface area contributed by atoms with Crippen LogP contribution in [0.2, 0.25) is 0 Å². The summed E-state index contributed by atoms with van der Waals surface area (Å²) in [6.45, 7) is 1.19. The van der Waals surface area contributed by atoms with Gasteiger partial charge in [0.15, 0.2) is 6.29 Å². The molecule has 0 aliphatic rings. The Kier molecular flexibility index (Phi) is 2.91. The maximum atomic E-state index is 10.1. The summed E-state index contributed by atoms with van der Waals surface area (Å²) in [5, 5.41) is 0. The average molecular weight is 140 g/mol. The summed E-state index contributed by atoms with van der Waals surface area (Å²) in [6.07, 6.45) is 2.48. The lowest BCUT2D eigenvalue weighted by Gasteiger charge is -2.03. The number of carbonyl (C=O) groups is 1. The van der Waals surface area contributed by atoms with E-state index in [1.807, 2.05) is 0 Å². The molecule has 0 aromatic carbocycles. The van der Waals surface area contributed by atoms with E-state index < -0.39 is 5.66 Å². The SMILES string of the molecule is CC(C=O)(N=C=O)N=C=O. The minimum Gasteiger partial charge on any atom is -0.298 e. The van der Waals surface area contributed by atoms with Crippen LogP contribution in [0.15, 0.2) is 9.98 Å². The summed E-state index contributed by atoms with van der Waals surface area (Å²) in [5.41, 5.74) is -1.64. The quantitative estimate of drug-likeness (QED) is 0.303. The topological polar surface area (TPSA) is 75.9 Å². The molecule has 0 aromatic heterocycles. The summed E-state index contributed by atoms with van der Waals surface area (Å²) in [7, 11) is 0. The zero-order chi connectivity index (χ0) is 8.04. The summed E-state index contributed by atoms with van der Waals surface area (Å²) < 4.78 is 0. The van der Waals surface area contributed by atoms with Crippen molar-refractivity contribution in [2.45, 2.75) is 12.6 Å². The first-order valence-corrected chi connectivity index (χ1v) is 2.33. The molecule has 0 radical (unpaired) electrons. The molecule has 0 aromatic rings. The van der Waals surface area contributed by atoms with Crippen molar-refractivity contribution in [1.82, 2.24) is 0 Å². The molecule has 0 saturated heterocycles. The van der Waals surface area contributed by atoms with E-state index in [9.17, 15) is 14.4 Å². The predicted molar refractivity (Wildman–Crippen MR) is 30.7 cm³/mol. The van der Waals surface area contributed by atoms with E-state index in [0.29, 0.717) is 0 Å². The highest BCUT2D eigenvalue weighted by atomic mass is 16.1. The number of carbonyl (C=O) groups excluding carboxylic acids is 3. The Morgan fingerprint density at radius 3 is 1.90 bits per heavy atom. The van der Waals surface area contributed by atoms with Crippen molar-refractivity contribution >= 4 is 18.4 Å². The van der Waals surface area contributed by atoms with Crippen LogP contribution in [0.5, 0.6) is 0 Å². The van der Waals surface area contributed by atoms with Crippen LogP contribution < -0.4 is 0 Å². The van der Waals surface area contributed by atoms with Crippen molar-refractivity contribution in [2.24, 2.45) is 9.98 Å². The Morgan fingerprint density at radius 2 is 1.70 bits per heavy atom. The van der Waals surface area contributed by atoms with Crippen molar-refractivity contribution < 1.29 is 14.4 Å². The molecule has 0 heterocycles. The fourth-order valence-electron chi connectivity index (χ4n) is 0.263. The van der Waals surface area contributed by atoms with Gasteiger partial charge in [-0.25, -0.2) is 9.59 Å². The van der Waals surface area contributed by atoms with Crippen LogP contribution in [0.1, 0.15) is 6.92 Å². The van der Waals surface area contributed by atoms with E-state index in [-0.39, 0.29) is 6.29 Å². The standard InChI is InChI=1S/C5H4N2O3/c1-5(2-8,6-3-9)7-4-10/h2H,1H3. The monoisotopic (exact) mass is 140 g/mol. The fourth-order valence-corrected chi connectivity index (χ4v) is 0.263. The van der Waals surface area contributed by atoms with Gasteiger partial charge in [-0.15, -0.1) is 0 Å². The maximum absolute atomic E-state index is 10.1. The lowest BCUT2D eigenvalue weighted by atomic mass is 10.3. The van der Waals surface area contributed by atoms with E-state index >= 15 is 0 Å². The van der Waals surface area contributed by atoms with Gasteiger partial charge in [-0.1, -0.05) is 0 Å². The third kappa shape index (κ3) is 2.13. The number of aliphatic imine (C=N–C) groups is 2. The van der Waals surface area contributed by atoms with Crippen molar-refractivity contribution in [2.75, 3.05) is 0 Å². The molecule has 0 amide bonds. The van der Waals surface area contributed by atoms with E-state index in [0.717, 1.165) is 12.2 Å². The van der Waals surface area contributed by atoms with Gasteiger partial charge < -0.3 is 0 Å². The second-order valence-corrected chi connectivity index (χ2v) is 1.62. The van der Waals surface area contributed by atoms with Crippen LogP contribution in [0.25, 0.3) is 0 Å². The van der Waals surface area contributed by atoms with Gasteiger partial charge in [0.25, 0.3) is 0 Å². The summed E-state index contributed by atoms with van der Waals surface area (Å²) in [4.78, 5) is 35.2. The van der Waals surface area contributed by atoms with E-state index in [1.54, 1.807) is 0 Å². The van der Waals surface area contributed by atoms with Crippen LogP contribution in [-0.2, 0) is 14.4 Å². The molecule has 0 aliphatic carbocycles. The van der Waals surface area contributed by atoms with Crippen LogP contribution in [0.4, 0.5) is 0 Å². The Morgan fingerprint density at radius 1 is 1.30 bits per heavy atom. The molecule has 0 aliphatic heterocycles. The number of isocyanates is 2. The first kappa shape index (κ1) is 8.43. The second-order valence-electron chi connectivity index (χ2n) is 1.62. The second kappa shape index (κ2) is 3.45. The number of rotatable bonds is 3. The Hall–Kier alpha value is -1.57. The summed E-state index contributed by atoms with van der Waals surface area (Å²) in [6, 6.07) is 0. The molecule has 0 rings (SSSR count). The number of hydrogen-bond acceptors (Lipinski definition) is 5. The van der Waals surface area contributed by atoms with Gasteiger partial charge >= 0.3 is 0 Å². The lowest BCUT2D eigenvalue weighted by molar-refractivity contribution is -0.111. The highest BCUT2D eigenvalue weighted by Crippen LogP contribution is 2.04. The van der Waals surface area contributed by atoms with Gasteiger partial charge in [-0.05, 0) is 6.92 Å². The molecule has 5 heteroatoms. The minimum absolute atomic E-state index is 0.253. The molecule has 52 valence electrons. The zero-order valence-corrected chi connectivity index (χ0v) is 5.20. The molecule has 5 nitrogen and oxygen atoms in total. The van der Waals surface area contributed by atoms with E-state index in [1.165, 1.54) is 6.92 Å². The fraction of sp³-hybridized carbons (Fsp3) is 0.400. The van der Waals surface area contributed by atoms with Gasteiger partial charge in [-0.3, -0.25) is 4.79 Å². The highest BCUT2D eigenvalue weighted by molar-refractivity contribution is 5.67. The summed E-state index contributed by atoms with van der Waals surface area (Å²) in [5.74, 6) is 0. The van der Waals surface area contributed by atoms with E-state index in [4.69, 9.17) is 0 Å². The number of aldehydes is 1. The zero-order valence-electron chi connectivity index (χ0n) is 5.20. The molecular formula is C5H4N2O3. The molecule has 10 heavy (non-hydrogen) atoms. The van der Waals surface area contributed by atoms with Gasteiger partial charge in [0.1, 0.15) is 0 Å². The molecule has 0 N–H and O–H groups in total. The smallest absolute Gasteiger partial charge is 0.237 e. The van der Waals surface area contributed by atoms with Crippen LogP contribution in [-0.4, -0.2) is 24.1 Å². The van der Waals surface area contributed by atoms with Gasteiger partial charge in [0.05, 0.1) is 0 Å². The Balaban J connectivity index is 4.69. The van der Waals surface area contributed by atoms with Gasteiger partial charge in [-0.2, -0.15) is 9.98 Å². The van der Waals surface area contributed by atoms with Crippen molar-refractivity contribution in [3.8, 4) is 0 Å². The van der Waals surface area contributed by atoms with Crippen LogP contribution >= 0.6 is 0 Å². The lowest BCUT2D eigenvalue weighted by Crippen LogP contribution is -2.19. The molecule has 0 fully saturated rings. The normalized spacial score (nSPS) is 13.7. The minimum atomic E-state index is -1.64. The Labute approximate surface area is 56.5 Å². The summed E-state index contributed by atoms with van der Waals surface area (Å²) >= 11 is 0. The Bertz CT molecular complexity index is 205. The van der Waals surface area contributed by atoms with Crippen molar-refractivity contribution in [3.05, 3.63) is 0 Å². The van der Waals surface area contributed by atoms with Gasteiger partial charge in [0.2, 0.25) is 17.8 Å². The van der Waals surface area contributed by atoms with Crippen LogP contribution in [0, 0.1) is 0 Å². The largest absolute Gasteiger partial charge is 0.298 e. The third-order valence-corrected chi connectivity index (χ3v) is 0.767. The average Bonchev–Trinajstić information content (AvgIpc) is 1.89. The first-order chi connectivity index (χ1) is 4.68. The highest BCUT2D eigenvalue weighted by Gasteiger charge is 2.20. The number of nitrogens with zero attached hydrogens (tertiary/aromatic N) is 2. The van der Waals surface area contributed by atoms with Crippen molar-refractivity contribution in [1.29, 1.82) is 0 Å².